The van der Waals surface area contributed by atoms with Crippen molar-refractivity contribution in [3.05, 3.63) is 0 Å². The van der Waals surface area contributed by atoms with Crippen molar-refractivity contribution in [2.75, 3.05) is 19.8 Å². The normalized spacial score (nSPS) is 23.2. The Balaban J connectivity index is 1.77. The monoisotopic (exact) mass is 341 g/mol. The van der Waals surface area contributed by atoms with Gasteiger partial charge in [-0.3, -0.25) is 9.59 Å². The van der Waals surface area contributed by atoms with Gasteiger partial charge in [-0.2, -0.15) is 0 Å². The molecule has 0 aromatic rings. The first kappa shape index (κ1) is 19.2. The Labute approximate surface area is 144 Å². The molecule has 2 rings (SSSR count). The molecule has 1 aliphatic carbocycles. The summed E-state index contributed by atoms with van der Waals surface area (Å²) in [5.41, 5.74) is 0. The summed E-state index contributed by atoms with van der Waals surface area (Å²) in [6, 6.07) is 0. The van der Waals surface area contributed by atoms with Crippen LogP contribution in [0.3, 0.4) is 0 Å². The van der Waals surface area contributed by atoms with Gasteiger partial charge in [0.1, 0.15) is 6.10 Å². The SMILES string of the molecule is CC(OC1CCCCCC1)C(=O)NCC(C(=O)O)C1CCOCC1. The fraction of sp³-hybridized carbons (Fsp3) is 0.889. The number of aliphatic carboxylic acids is 1. The van der Waals surface area contributed by atoms with Crippen molar-refractivity contribution in [2.45, 2.75) is 70.5 Å². The molecule has 0 aromatic carbocycles. The predicted octanol–water partition coefficient (Wildman–Crippen LogP) is 2.36. The van der Waals surface area contributed by atoms with Gasteiger partial charge in [0.05, 0.1) is 12.0 Å². The van der Waals surface area contributed by atoms with E-state index in [0.717, 1.165) is 38.5 Å². The highest BCUT2D eigenvalue weighted by Gasteiger charge is 2.30. The van der Waals surface area contributed by atoms with Gasteiger partial charge in [0.15, 0.2) is 0 Å². The van der Waals surface area contributed by atoms with Crippen molar-refractivity contribution < 1.29 is 24.2 Å². The minimum absolute atomic E-state index is 0.0645. The number of ether oxygens (including phenoxy) is 2. The van der Waals surface area contributed by atoms with Crippen molar-refractivity contribution in [3.63, 3.8) is 0 Å². The van der Waals surface area contributed by atoms with E-state index in [1.165, 1.54) is 12.8 Å². The summed E-state index contributed by atoms with van der Waals surface area (Å²) in [4.78, 5) is 23.8. The number of amides is 1. The highest BCUT2D eigenvalue weighted by atomic mass is 16.5. The van der Waals surface area contributed by atoms with Gasteiger partial charge in [0.25, 0.3) is 0 Å². The topological polar surface area (TPSA) is 84.9 Å². The van der Waals surface area contributed by atoms with E-state index in [2.05, 4.69) is 5.32 Å². The van der Waals surface area contributed by atoms with Crippen molar-refractivity contribution in [1.82, 2.24) is 5.32 Å². The van der Waals surface area contributed by atoms with Crippen LogP contribution in [-0.2, 0) is 19.1 Å². The first-order valence-corrected chi connectivity index (χ1v) is 9.31. The second-order valence-corrected chi connectivity index (χ2v) is 7.03. The molecule has 1 saturated carbocycles. The number of carboxylic acids is 1. The van der Waals surface area contributed by atoms with Crippen LogP contribution in [0.15, 0.2) is 0 Å². The molecule has 2 fully saturated rings. The molecule has 6 heteroatoms. The Morgan fingerprint density at radius 3 is 2.33 bits per heavy atom. The summed E-state index contributed by atoms with van der Waals surface area (Å²) >= 11 is 0. The maximum atomic E-state index is 12.3. The van der Waals surface area contributed by atoms with E-state index in [0.29, 0.717) is 13.2 Å². The van der Waals surface area contributed by atoms with Crippen LogP contribution in [0, 0.1) is 11.8 Å². The summed E-state index contributed by atoms with van der Waals surface area (Å²) in [6.07, 6.45) is 7.92. The molecule has 0 radical (unpaired) electrons. The summed E-state index contributed by atoms with van der Waals surface area (Å²) in [5.74, 6) is -1.55. The van der Waals surface area contributed by atoms with Crippen LogP contribution in [0.1, 0.15) is 58.3 Å². The quantitative estimate of drug-likeness (QED) is 0.694. The highest BCUT2D eigenvalue weighted by Crippen LogP contribution is 2.24. The van der Waals surface area contributed by atoms with Crippen LogP contribution in [-0.4, -0.2) is 48.9 Å². The third-order valence-electron chi connectivity index (χ3n) is 5.22. The molecule has 1 heterocycles. The van der Waals surface area contributed by atoms with Crippen molar-refractivity contribution in [1.29, 1.82) is 0 Å². The molecule has 2 atom stereocenters. The number of carbonyl (C=O) groups excluding carboxylic acids is 1. The molecule has 1 amide bonds. The summed E-state index contributed by atoms with van der Waals surface area (Å²) < 4.78 is 11.2. The zero-order valence-corrected chi connectivity index (χ0v) is 14.7. The van der Waals surface area contributed by atoms with E-state index in [4.69, 9.17) is 9.47 Å². The number of carbonyl (C=O) groups is 2. The molecule has 2 aliphatic rings. The molecule has 1 saturated heterocycles. The van der Waals surface area contributed by atoms with Crippen LogP contribution < -0.4 is 5.32 Å². The molecule has 2 N–H and O–H groups in total. The molecule has 0 bridgehead atoms. The van der Waals surface area contributed by atoms with Crippen LogP contribution >= 0.6 is 0 Å². The Morgan fingerprint density at radius 2 is 1.75 bits per heavy atom. The van der Waals surface area contributed by atoms with Crippen molar-refractivity contribution in [2.24, 2.45) is 11.8 Å². The second-order valence-electron chi connectivity index (χ2n) is 7.03. The summed E-state index contributed by atoms with van der Waals surface area (Å²) in [7, 11) is 0. The number of rotatable bonds is 7. The highest BCUT2D eigenvalue weighted by molar-refractivity contribution is 5.81. The van der Waals surface area contributed by atoms with Gasteiger partial charge >= 0.3 is 5.97 Å². The van der Waals surface area contributed by atoms with E-state index < -0.39 is 18.0 Å². The maximum Gasteiger partial charge on any atom is 0.308 e. The molecule has 2 unspecified atom stereocenters. The first-order chi connectivity index (χ1) is 11.6. The second kappa shape index (κ2) is 9.99. The Morgan fingerprint density at radius 1 is 1.12 bits per heavy atom. The summed E-state index contributed by atoms with van der Waals surface area (Å²) in [5, 5.41) is 12.2. The molecular formula is C18H31NO5. The molecule has 6 nitrogen and oxygen atoms in total. The molecule has 138 valence electrons. The number of carboxylic acid groups (broad SMARTS) is 1. The van der Waals surface area contributed by atoms with Gasteiger partial charge in [0.2, 0.25) is 5.91 Å². The zero-order chi connectivity index (χ0) is 17.4. The lowest BCUT2D eigenvalue weighted by Crippen LogP contribution is -2.43. The minimum atomic E-state index is -0.848. The third kappa shape index (κ3) is 6.06. The molecule has 0 aromatic heterocycles. The average Bonchev–Trinajstić information content (AvgIpc) is 2.84. The van der Waals surface area contributed by atoms with Crippen molar-refractivity contribution in [3.8, 4) is 0 Å². The smallest absolute Gasteiger partial charge is 0.308 e. The van der Waals surface area contributed by atoms with Gasteiger partial charge in [-0.15, -0.1) is 0 Å². The molecular weight excluding hydrogens is 310 g/mol. The Bertz CT molecular complexity index is 400. The van der Waals surface area contributed by atoms with Gasteiger partial charge < -0.3 is 19.9 Å². The largest absolute Gasteiger partial charge is 0.481 e. The van der Waals surface area contributed by atoms with Gasteiger partial charge in [-0.05, 0) is 38.5 Å². The summed E-state index contributed by atoms with van der Waals surface area (Å²) in [6.45, 7) is 3.12. The average molecular weight is 341 g/mol. The van der Waals surface area contributed by atoms with Crippen LogP contribution in [0.2, 0.25) is 0 Å². The Hall–Kier alpha value is -1.14. The fourth-order valence-corrected chi connectivity index (χ4v) is 3.66. The lowest BCUT2D eigenvalue weighted by molar-refractivity contribution is -0.145. The van der Waals surface area contributed by atoms with E-state index >= 15 is 0 Å². The Kier molecular flexibility index (Phi) is 7.99. The molecule has 0 spiro atoms. The van der Waals surface area contributed by atoms with E-state index in [9.17, 15) is 14.7 Å². The van der Waals surface area contributed by atoms with E-state index in [-0.39, 0.29) is 24.5 Å². The first-order valence-electron chi connectivity index (χ1n) is 9.31. The standard InChI is InChI=1S/C18H31NO5/c1-13(24-15-6-4-2-3-5-7-15)17(20)19-12-16(18(21)22)14-8-10-23-11-9-14/h13-16H,2-12H2,1H3,(H,19,20)(H,21,22). The number of hydrogen-bond acceptors (Lipinski definition) is 4. The molecule has 24 heavy (non-hydrogen) atoms. The van der Waals surface area contributed by atoms with Crippen LogP contribution in [0.25, 0.3) is 0 Å². The van der Waals surface area contributed by atoms with Crippen molar-refractivity contribution >= 4 is 11.9 Å². The van der Waals surface area contributed by atoms with Gasteiger partial charge in [-0.1, -0.05) is 25.7 Å². The minimum Gasteiger partial charge on any atom is -0.481 e. The van der Waals surface area contributed by atoms with E-state index in [1.807, 2.05) is 0 Å². The maximum absolute atomic E-state index is 12.3. The lowest BCUT2D eigenvalue weighted by atomic mass is 9.86. The third-order valence-corrected chi connectivity index (χ3v) is 5.22. The lowest BCUT2D eigenvalue weighted by Gasteiger charge is -2.28. The number of hydrogen-bond donors (Lipinski definition) is 2. The van der Waals surface area contributed by atoms with Crippen LogP contribution in [0.4, 0.5) is 0 Å². The number of nitrogens with one attached hydrogen (secondary N) is 1. The predicted molar refractivity (Wildman–Crippen MR) is 89.7 cm³/mol. The van der Waals surface area contributed by atoms with Gasteiger partial charge in [0, 0.05) is 19.8 Å². The van der Waals surface area contributed by atoms with Gasteiger partial charge in [-0.25, -0.2) is 0 Å². The van der Waals surface area contributed by atoms with Crippen LogP contribution in [0.5, 0.6) is 0 Å². The zero-order valence-electron chi connectivity index (χ0n) is 14.7. The molecule has 1 aliphatic heterocycles. The fourth-order valence-electron chi connectivity index (χ4n) is 3.66. The van der Waals surface area contributed by atoms with E-state index in [1.54, 1.807) is 6.92 Å².